The molecule has 0 aliphatic heterocycles. The van der Waals surface area contributed by atoms with Gasteiger partial charge in [-0.05, 0) is 12.8 Å². The second-order valence-electron chi connectivity index (χ2n) is 3.48. The number of carboxylic acid groups (broad SMARTS) is 2. The number of carboxylic acids is 2. The van der Waals surface area contributed by atoms with Crippen LogP contribution in [0.4, 0.5) is 0 Å². The Morgan fingerprint density at radius 3 is 1.37 bits per heavy atom. The van der Waals surface area contributed by atoms with Crippen LogP contribution in [0.5, 0.6) is 0 Å². The number of rotatable bonds is 0. The maximum absolute atomic E-state index is 9.00. The van der Waals surface area contributed by atoms with Crippen molar-refractivity contribution < 1.29 is 36.3 Å². The van der Waals surface area contributed by atoms with E-state index in [9.17, 15) is 0 Å². The third-order valence-electron chi connectivity index (χ3n) is 1.65. The maximum atomic E-state index is 9.00. The molecule has 1 fully saturated rings. The van der Waals surface area contributed by atoms with E-state index in [-0.39, 0.29) is 6.15 Å². The summed E-state index contributed by atoms with van der Waals surface area (Å²) in [5, 5.41) is 14.8. The Balaban J connectivity index is -0.0000000831. The van der Waals surface area contributed by atoms with Crippen molar-refractivity contribution in [2.75, 3.05) is 0 Å². The van der Waals surface area contributed by atoms with Crippen molar-refractivity contribution in [3.05, 3.63) is 0 Å². The fraction of sp³-hybridized carbons (Fsp3) is 0.800. The molecule has 7 N–H and O–H groups in total. The van der Waals surface area contributed by atoms with Gasteiger partial charge in [0.15, 0.2) is 0 Å². The van der Waals surface area contributed by atoms with Gasteiger partial charge in [-0.25, -0.2) is 0 Å². The van der Waals surface area contributed by atoms with E-state index < -0.39 is 28.4 Å². The summed E-state index contributed by atoms with van der Waals surface area (Å²) in [7, 11) is 9.75. The van der Waals surface area contributed by atoms with E-state index in [4.69, 9.17) is 44.4 Å². The molecular weight excluding hydrogens is 478 g/mol. The molecule has 0 unspecified atom stereocenters. The number of nitrogens with two attached hydrogens (primary N) is 1. The molecule has 1 saturated carbocycles. The first-order valence-corrected chi connectivity index (χ1v) is 10.9. The molecule has 0 amide bonds. The van der Waals surface area contributed by atoms with Gasteiger partial charge >= 0.3 is 35.3 Å². The Morgan fingerprint density at radius 2 is 1.26 bits per heavy atom. The third-order valence-corrected chi connectivity index (χ3v) is 1.65. The normalized spacial score (nSPS) is 13.1. The number of halogens is 2. The van der Waals surface area contributed by atoms with Gasteiger partial charge in [0.1, 0.15) is 0 Å². The molecule has 9 heteroatoms. The van der Waals surface area contributed by atoms with Crippen LogP contribution in [0.1, 0.15) is 46.0 Å². The van der Waals surface area contributed by atoms with Crippen molar-refractivity contribution in [1.29, 1.82) is 0 Å². The number of aliphatic carboxylic acids is 2. The van der Waals surface area contributed by atoms with E-state index in [1.807, 2.05) is 0 Å². The third kappa shape index (κ3) is 71.4. The van der Waals surface area contributed by atoms with Crippen LogP contribution >= 0.6 is 18.8 Å². The van der Waals surface area contributed by atoms with Gasteiger partial charge < -0.3 is 22.1 Å². The average molecular weight is 502 g/mol. The topological polar surface area (TPSA) is 136 Å². The van der Waals surface area contributed by atoms with Gasteiger partial charge in [-0.15, -0.1) is 0 Å². The molecule has 1 aliphatic carbocycles. The Kier molecular flexibility index (Phi) is 33.6. The van der Waals surface area contributed by atoms with E-state index in [0.29, 0.717) is 6.04 Å². The second kappa shape index (κ2) is 23.2. The van der Waals surface area contributed by atoms with Crippen LogP contribution in [0, 0.1) is 0 Å². The van der Waals surface area contributed by atoms with Crippen molar-refractivity contribution >= 4 is 30.8 Å². The average Bonchev–Trinajstić information content (AvgIpc) is 2.18. The number of carbonyl (C=O) groups is 2. The fourth-order valence-corrected chi connectivity index (χ4v) is 1.13. The zero-order chi connectivity index (χ0) is 15.0. The van der Waals surface area contributed by atoms with E-state index in [0.717, 1.165) is 13.8 Å². The SMILES string of the molecule is CC(=O)O.CC(=O)O.N.NC1CCCCC1.[Cl][Pt+2][Cl]. The first-order valence-electron chi connectivity index (χ1n) is 5.24. The predicted octanol–water partition coefficient (Wildman–Crippen LogP) is 3.00. The number of hydrogen-bond donors (Lipinski definition) is 4. The molecule has 0 aromatic heterocycles. The molecule has 0 aromatic rings. The summed E-state index contributed by atoms with van der Waals surface area (Å²) in [6, 6.07) is 0.536. The second-order valence-corrected chi connectivity index (χ2v) is 6.76. The Labute approximate surface area is 131 Å². The van der Waals surface area contributed by atoms with Crippen molar-refractivity contribution in [3.63, 3.8) is 0 Å². The first kappa shape index (κ1) is 27.5. The van der Waals surface area contributed by atoms with Crippen molar-refractivity contribution in [1.82, 2.24) is 6.15 Å². The molecule has 0 bridgehead atoms. The van der Waals surface area contributed by atoms with Gasteiger partial charge in [-0.1, -0.05) is 19.3 Å². The molecule has 0 atom stereocenters. The summed E-state index contributed by atoms with van der Waals surface area (Å²) in [5.41, 5.74) is 5.63. The number of hydrogen-bond acceptors (Lipinski definition) is 4. The summed E-state index contributed by atoms with van der Waals surface area (Å²) >= 11 is -0.472. The molecule has 19 heavy (non-hydrogen) atoms. The first-order chi connectivity index (χ1) is 8.27. The van der Waals surface area contributed by atoms with Crippen LogP contribution in [0.2, 0.25) is 0 Å². The Hall–Kier alpha value is 0.128. The van der Waals surface area contributed by atoms with Crippen LogP contribution < -0.4 is 11.9 Å². The van der Waals surface area contributed by atoms with Gasteiger partial charge in [0.25, 0.3) is 11.9 Å². The monoisotopic (exact) mass is 501 g/mol. The standard InChI is InChI=1S/C6H13N.2C2H4O2.2ClH.H3N.Pt/c7-6-4-2-1-3-5-6;2*1-2(3)4;;;;/h6H,1-5,7H2;2*1H3,(H,3,4);2*1H;1H3;/q;;;;;;+4/p-2. The van der Waals surface area contributed by atoms with Crippen molar-refractivity contribution in [2.24, 2.45) is 5.73 Å². The van der Waals surface area contributed by atoms with Crippen LogP contribution in [0.25, 0.3) is 0 Å². The van der Waals surface area contributed by atoms with Crippen molar-refractivity contribution in [2.45, 2.75) is 52.0 Å². The van der Waals surface area contributed by atoms with Crippen LogP contribution in [0.3, 0.4) is 0 Å². The molecule has 0 heterocycles. The van der Waals surface area contributed by atoms with Gasteiger partial charge in [0, 0.05) is 19.9 Å². The van der Waals surface area contributed by atoms with Crippen LogP contribution in [-0.4, -0.2) is 28.2 Å². The van der Waals surface area contributed by atoms with E-state index in [1.54, 1.807) is 0 Å². The summed E-state index contributed by atoms with van der Waals surface area (Å²) < 4.78 is 0. The molecule has 6 nitrogen and oxygen atoms in total. The minimum atomic E-state index is -0.833. The minimum absolute atomic E-state index is 0. The molecule has 0 aromatic carbocycles. The van der Waals surface area contributed by atoms with Crippen LogP contribution in [0.15, 0.2) is 0 Å². The molecule has 1 rings (SSSR count). The van der Waals surface area contributed by atoms with E-state index in [1.165, 1.54) is 32.1 Å². The molecule has 0 saturated heterocycles. The molecule has 0 spiro atoms. The fourth-order valence-electron chi connectivity index (χ4n) is 1.13. The van der Waals surface area contributed by atoms with Gasteiger partial charge in [-0.3, -0.25) is 9.59 Å². The summed E-state index contributed by atoms with van der Waals surface area (Å²) in [4.78, 5) is 18.0. The Morgan fingerprint density at radius 1 is 1.05 bits per heavy atom. The quantitative estimate of drug-likeness (QED) is 0.402. The van der Waals surface area contributed by atoms with Gasteiger partial charge in [0.05, 0.1) is 0 Å². The van der Waals surface area contributed by atoms with Gasteiger partial charge in [0.2, 0.25) is 0 Å². The molecule has 120 valence electrons. The summed E-state index contributed by atoms with van der Waals surface area (Å²) in [6.07, 6.45) is 6.66. The van der Waals surface area contributed by atoms with E-state index in [2.05, 4.69) is 0 Å². The zero-order valence-corrected chi connectivity index (χ0v) is 15.0. The zero-order valence-electron chi connectivity index (χ0n) is 11.2. The Bertz CT molecular complexity index is 186. The van der Waals surface area contributed by atoms with E-state index >= 15 is 0 Å². The summed E-state index contributed by atoms with van der Waals surface area (Å²) in [6.45, 7) is 2.17. The molecular formula is C10H24Cl2N2O4Pt+2. The van der Waals surface area contributed by atoms with Gasteiger partial charge in [-0.2, -0.15) is 0 Å². The predicted molar refractivity (Wildman–Crippen MR) is 74.4 cm³/mol. The summed E-state index contributed by atoms with van der Waals surface area (Å²) in [5.74, 6) is -1.67. The molecule has 1 aliphatic rings. The van der Waals surface area contributed by atoms with Crippen molar-refractivity contribution in [3.8, 4) is 0 Å². The van der Waals surface area contributed by atoms with Crippen LogP contribution in [-0.2, 0) is 26.1 Å². The molecule has 0 radical (unpaired) electrons.